The SMILES string of the molecule is COCCN(C)CC1(CNC(C)C)CCCC1. The quantitative estimate of drug-likeness (QED) is 0.705. The Bertz CT molecular complexity index is 200. The smallest absolute Gasteiger partial charge is 0.0589 e. The van der Waals surface area contributed by atoms with Crippen LogP contribution >= 0.6 is 0 Å². The van der Waals surface area contributed by atoms with E-state index >= 15 is 0 Å². The molecule has 102 valence electrons. The van der Waals surface area contributed by atoms with Gasteiger partial charge in [-0.15, -0.1) is 0 Å². The Hall–Kier alpha value is -0.120. The molecule has 0 bridgehead atoms. The topological polar surface area (TPSA) is 24.5 Å². The molecule has 0 amide bonds. The molecule has 0 radical (unpaired) electrons. The highest BCUT2D eigenvalue weighted by Gasteiger charge is 2.34. The van der Waals surface area contributed by atoms with Gasteiger partial charge in [-0.2, -0.15) is 0 Å². The van der Waals surface area contributed by atoms with Gasteiger partial charge in [-0.05, 0) is 25.3 Å². The van der Waals surface area contributed by atoms with Crippen LogP contribution < -0.4 is 5.32 Å². The first kappa shape index (κ1) is 14.9. The van der Waals surface area contributed by atoms with Crippen LogP contribution in [0.25, 0.3) is 0 Å². The van der Waals surface area contributed by atoms with Crippen LogP contribution in [0.2, 0.25) is 0 Å². The van der Waals surface area contributed by atoms with Gasteiger partial charge in [-0.3, -0.25) is 0 Å². The fourth-order valence-electron chi connectivity index (χ4n) is 2.84. The van der Waals surface area contributed by atoms with Crippen LogP contribution in [0, 0.1) is 5.41 Å². The summed E-state index contributed by atoms with van der Waals surface area (Å²) in [6.07, 6.45) is 5.56. The monoisotopic (exact) mass is 242 g/mol. The summed E-state index contributed by atoms with van der Waals surface area (Å²) in [4.78, 5) is 2.43. The third-order valence-corrected chi connectivity index (χ3v) is 3.83. The van der Waals surface area contributed by atoms with E-state index in [1.165, 1.54) is 38.8 Å². The molecular weight excluding hydrogens is 212 g/mol. The van der Waals surface area contributed by atoms with Crippen LogP contribution in [0.4, 0.5) is 0 Å². The molecule has 0 aromatic rings. The number of likely N-dealkylation sites (N-methyl/N-ethyl adjacent to an activating group) is 1. The Kier molecular flexibility index (Phi) is 6.45. The van der Waals surface area contributed by atoms with Crippen molar-refractivity contribution in [2.24, 2.45) is 5.41 Å². The Morgan fingerprint density at radius 3 is 2.47 bits per heavy atom. The molecule has 0 aromatic heterocycles. The average molecular weight is 242 g/mol. The van der Waals surface area contributed by atoms with Crippen LogP contribution in [0.3, 0.4) is 0 Å². The second-order valence-corrected chi connectivity index (χ2v) is 5.97. The fourth-order valence-corrected chi connectivity index (χ4v) is 2.84. The zero-order valence-corrected chi connectivity index (χ0v) is 12.1. The number of nitrogens with zero attached hydrogens (tertiary/aromatic N) is 1. The number of hydrogen-bond donors (Lipinski definition) is 1. The van der Waals surface area contributed by atoms with E-state index in [1.54, 1.807) is 7.11 Å². The van der Waals surface area contributed by atoms with Gasteiger partial charge in [0.05, 0.1) is 6.61 Å². The van der Waals surface area contributed by atoms with Gasteiger partial charge < -0.3 is 15.0 Å². The molecule has 0 aliphatic heterocycles. The lowest BCUT2D eigenvalue weighted by Gasteiger charge is -2.34. The van der Waals surface area contributed by atoms with Crippen molar-refractivity contribution in [1.29, 1.82) is 0 Å². The lowest BCUT2D eigenvalue weighted by Crippen LogP contribution is -2.43. The third kappa shape index (κ3) is 5.36. The minimum absolute atomic E-state index is 0.507. The van der Waals surface area contributed by atoms with E-state index in [-0.39, 0.29) is 0 Å². The third-order valence-electron chi connectivity index (χ3n) is 3.83. The Labute approximate surface area is 107 Å². The predicted octanol–water partition coefficient (Wildman–Crippen LogP) is 2.12. The van der Waals surface area contributed by atoms with Gasteiger partial charge in [0.2, 0.25) is 0 Å². The van der Waals surface area contributed by atoms with E-state index in [1.807, 2.05) is 0 Å². The molecule has 1 fully saturated rings. The maximum absolute atomic E-state index is 5.15. The van der Waals surface area contributed by atoms with Crippen molar-refractivity contribution in [3.8, 4) is 0 Å². The maximum Gasteiger partial charge on any atom is 0.0589 e. The summed E-state index contributed by atoms with van der Waals surface area (Å²) in [6, 6.07) is 0.594. The van der Waals surface area contributed by atoms with Gasteiger partial charge in [0.1, 0.15) is 0 Å². The molecule has 0 atom stereocenters. The van der Waals surface area contributed by atoms with Crippen molar-refractivity contribution in [2.75, 3.05) is 40.4 Å². The summed E-state index contributed by atoms with van der Waals surface area (Å²) in [7, 11) is 3.99. The number of hydrogen-bond acceptors (Lipinski definition) is 3. The van der Waals surface area contributed by atoms with E-state index in [0.717, 1.165) is 13.2 Å². The van der Waals surface area contributed by atoms with Crippen molar-refractivity contribution in [3.05, 3.63) is 0 Å². The molecule has 1 aliphatic rings. The number of rotatable bonds is 8. The van der Waals surface area contributed by atoms with Gasteiger partial charge in [0.25, 0.3) is 0 Å². The minimum atomic E-state index is 0.507. The number of ether oxygens (including phenoxy) is 1. The Morgan fingerprint density at radius 2 is 1.94 bits per heavy atom. The second-order valence-electron chi connectivity index (χ2n) is 5.97. The van der Waals surface area contributed by atoms with E-state index in [2.05, 4.69) is 31.1 Å². The first-order valence-corrected chi connectivity index (χ1v) is 6.99. The summed E-state index contributed by atoms with van der Waals surface area (Å²) >= 11 is 0. The van der Waals surface area contributed by atoms with Crippen molar-refractivity contribution >= 4 is 0 Å². The molecule has 0 heterocycles. The van der Waals surface area contributed by atoms with Crippen molar-refractivity contribution in [1.82, 2.24) is 10.2 Å². The van der Waals surface area contributed by atoms with Crippen LogP contribution in [0.15, 0.2) is 0 Å². The number of nitrogens with one attached hydrogen (secondary N) is 1. The standard InChI is InChI=1S/C14H30N2O/c1-13(2)15-11-14(7-5-6-8-14)12-16(3)9-10-17-4/h13,15H,5-12H2,1-4H3. The van der Waals surface area contributed by atoms with Crippen LogP contribution in [-0.4, -0.2) is 51.3 Å². The molecule has 0 unspecified atom stereocenters. The predicted molar refractivity (Wildman–Crippen MR) is 73.4 cm³/mol. The maximum atomic E-state index is 5.15. The fraction of sp³-hybridized carbons (Fsp3) is 1.00. The first-order valence-electron chi connectivity index (χ1n) is 6.99. The summed E-state index contributed by atoms with van der Waals surface area (Å²) in [6.45, 7) is 8.72. The molecule has 1 aliphatic carbocycles. The Morgan fingerprint density at radius 1 is 1.29 bits per heavy atom. The van der Waals surface area contributed by atoms with Crippen molar-refractivity contribution in [3.63, 3.8) is 0 Å². The van der Waals surface area contributed by atoms with Gasteiger partial charge in [-0.25, -0.2) is 0 Å². The van der Waals surface area contributed by atoms with E-state index in [0.29, 0.717) is 11.5 Å². The van der Waals surface area contributed by atoms with E-state index < -0.39 is 0 Å². The number of methoxy groups -OCH3 is 1. The molecule has 0 saturated heterocycles. The zero-order chi connectivity index (χ0) is 12.7. The van der Waals surface area contributed by atoms with Crippen LogP contribution in [-0.2, 0) is 4.74 Å². The molecule has 3 heteroatoms. The van der Waals surface area contributed by atoms with E-state index in [4.69, 9.17) is 4.74 Å². The summed E-state index contributed by atoms with van der Waals surface area (Å²) in [5.41, 5.74) is 0.507. The first-order chi connectivity index (χ1) is 8.08. The minimum Gasteiger partial charge on any atom is -0.383 e. The lowest BCUT2D eigenvalue weighted by atomic mass is 9.85. The van der Waals surface area contributed by atoms with Gasteiger partial charge >= 0.3 is 0 Å². The van der Waals surface area contributed by atoms with E-state index in [9.17, 15) is 0 Å². The normalized spacial score (nSPS) is 19.4. The van der Waals surface area contributed by atoms with Crippen molar-refractivity contribution < 1.29 is 4.74 Å². The molecule has 1 rings (SSSR count). The van der Waals surface area contributed by atoms with Gasteiger partial charge in [0, 0.05) is 32.8 Å². The molecule has 1 saturated carbocycles. The molecule has 3 nitrogen and oxygen atoms in total. The van der Waals surface area contributed by atoms with Gasteiger partial charge in [-0.1, -0.05) is 26.7 Å². The highest BCUT2D eigenvalue weighted by atomic mass is 16.5. The molecule has 0 spiro atoms. The summed E-state index contributed by atoms with van der Waals surface area (Å²) in [5.74, 6) is 0. The van der Waals surface area contributed by atoms with Gasteiger partial charge in [0.15, 0.2) is 0 Å². The summed E-state index contributed by atoms with van der Waals surface area (Å²) < 4.78 is 5.15. The Balaban J connectivity index is 2.41. The van der Waals surface area contributed by atoms with Crippen LogP contribution in [0.5, 0.6) is 0 Å². The molecule has 0 aromatic carbocycles. The molecular formula is C14H30N2O. The highest BCUT2D eigenvalue weighted by molar-refractivity contribution is 4.89. The molecule has 1 N–H and O–H groups in total. The highest BCUT2D eigenvalue weighted by Crippen LogP contribution is 2.38. The molecule has 17 heavy (non-hydrogen) atoms. The average Bonchev–Trinajstić information content (AvgIpc) is 2.73. The largest absolute Gasteiger partial charge is 0.383 e. The summed E-state index contributed by atoms with van der Waals surface area (Å²) in [5, 5.41) is 3.63. The second kappa shape index (κ2) is 7.34. The zero-order valence-electron chi connectivity index (χ0n) is 12.1. The van der Waals surface area contributed by atoms with Crippen molar-refractivity contribution in [2.45, 2.75) is 45.6 Å². The lowest BCUT2D eigenvalue weighted by molar-refractivity contribution is 0.122. The van der Waals surface area contributed by atoms with Crippen LogP contribution in [0.1, 0.15) is 39.5 Å².